The first-order valence-corrected chi connectivity index (χ1v) is 10.4. The molecule has 6 nitrogen and oxygen atoms in total. The number of amides is 2. The summed E-state index contributed by atoms with van der Waals surface area (Å²) in [4.78, 5) is 26.4. The molecule has 2 N–H and O–H groups in total. The van der Waals surface area contributed by atoms with Gasteiger partial charge in [0.05, 0.1) is 33.9 Å². The lowest BCUT2D eigenvalue weighted by molar-refractivity contribution is -0.143. The van der Waals surface area contributed by atoms with E-state index >= 15 is 0 Å². The van der Waals surface area contributed by atoms with Crippen molar-refractivity contribution in [1.29, 1.82) is 0 Å². The van der Waals surface area contributed by atoms with Gasteiger partial charge in [-0.2, -0.15) is 5.10 Å². The van der Waals surface area contributed by atoms with Crippen LogP contribution in [-0.2, 0) is 11.3 Å². The van der Waals surface area contributed by atoms with E-state index in [-0.39, 0.29) is 54.5 Å². The number of hydrogen-bond acceptors (Lipinski definition) is 3. The van der Waals surface area contributed by atoms with Gasteiger partial charge in [0.25, 0.3) is 5.91 Å². The van der Waals surface area contributed by atoms with Gasteiger partial charge in [-0.05, 0) is 18.1 Å². The molecule has 166 valence electrons. The normalized spacial score (nSPS) is 20.3. The van der Waals surface area contributed by atoms with Crippen LogP contribution in [-0.4, -0.2) is 45.6 Å². The molecule has 11 heteroatoms. The van der Waals surface area contributed by atoms with Crippen LogP contribution in [0, 0.1) is 5.92 Å². The minimum atomic E-state index is -2.72. The summed E-state index contributed by atoms with van der Waals surface area (Å²) in [6.07, 6.45) is -0.704. The van der Waals surface area contributed by atoms with Crippen LogP contribution in [0.2, 0.25) is 10.0 Å². The van der Waals surface area contributed by atoms with Crippen LogP contribution in [0.4, 0.5) is 13.2 Å². The van der Waals surface area contributed by atoms with Crippen molar-refractivity contribution in [2.24, 2.45) is 11.7 Å². The third kappa shape index (κ3) is 4.13. The van der Waals surface area contributed by atoms with Crippen molar-refractivity contribution in [3.8, 4) is 11.3 Å². The van der Waals surface area contributed by atoms with Crippen LogP contribution in [0.25, 0.3) is 11.3 Å². The molecule has 0 bridgehead atoms. The van der Waals surface area contributed by atoms with Gasteiger partial charge in [0.2, 0.25) is 11.8 Å². The van der Waals surface area contributed by atoms with Gasteiger partial charge in [0.1, 0.15) is 12.4 Å². The minimum absolute atomic E-state index is 0.0200. The van der Waals surface area contributed by atoms with E-state index in [0.717, 1.165) is 0 Å². The molecule has 0 unspecified atom stereocenters. The van der Waals surface area contributed by atoms with Gasteiger partial charge < -0.3 is 10.6 Å². The van der Waals surface area contributed by atoms with Crippen LogP contribution in [0.3, 0.4) is 0 Å². The van der Waals surface area contributed by atoms with Crippen molar-refractivity contribution in [2.75, 3.05) is 13.2 Å². The van der Waals surface area contributed by atoms with E-state index in [1.54, 1.807) is 12.1 Å². The molecule has 2 amide bonds. The van der Waals surface area contributed by atoms with Crippen molar-refractivity contribution < 1.29 is 22.8 Å². The fraction of sp³-hybridized carbons (Fsp3) is 0.450. The van der Waals surface area contributed by atoms with E-state index in [9.17, 15) is 22.8 Å². The number of halogens is 5. The van der Waals surface area contributed by atoms with Gasteiger partial charge in [-0.25, -0.2) is 13.2 Å². The molecule has 4 rings (SSSR count). The number of benzene rings is 1. The van der Waals surface area contributed by atoms with E-state index in [0.29, 0.717) is 16.3 Å². The molecule has 0 spiro atoms. The molecule has 2 aliphatic rings. The second-order valence-electron chi connectivity index (χ2n) is 8.02. The summed E-state index contributed by atoms with van der Waals surface area (Å²) in [6.45, 7) is -0.837. The van der Waals surface area contributed by atoms with Crippen molar-refractivity contribution >= 4 is 35.0 Å². The highest BCUT2D eigenvalue weighted by Crippen LogP contribution is 2.44. The van der Waals surface area contributed by atoms with E-state index < -0.39 is 30.5 Å². The van der Waals surface area contributed by atoms with Crippen molar-refractivity contribution in [2.45, 2.75) is 37.8 Å². The summed E-state index contributed by atoms with van der Waals surface area (Å²) in [6, 6.07) is 3.85. The zero-order valence-electron chi connectivity index (χ0n) is 16.3. The smallest absolute Gasteiger partial charge is 0.252 e. The molecule has 1 aromatic heterocycles. The number of hydrogen-bond donors (Lipinski definition) is 1. The molecular weight excluding hydrogens is 456 g/mol. The molecule has 0 radical (unpaired) electrons. The van der Waals surface area contributed by atoms with E-state index in [1.165, 1.54) is 15.6 Å². The Morgan fingerprint density at radius 1 is 1.23 bits per heavy atom. The van der Waals surface area contributed by atoms with Crippen LogP contribution >= 0.6 is 23.2 Å². The predicted molar refractivity (Wildman–Crippen MR) is 109 cm³/mol. The largest absolute Gasteiger partial charge is 0.365 e. The lowest BCUT2D eigenvalue weighted by atomic mass is 9.79. The van der Waals surface area contributed by atoms with Crippen LogP contribution in [0.15, 0.2) is 18.2 Å². The lowest BCUT2D eigenvalue weighted by Gasteiger charge is -2.37. The lowest BCUT2D eigenvalue weighted by Crippen LogP contribution is -2.45. The quantitative estimate of drug-likeness (QED) is 0.703. The average Bonchev–Trinajstić information content (AvgIpc) is 3.07. The molecule has 1 aromatic carbocycles. The monoisotopic (exact) mass is 474 g/mol. The number of rotatable bonds is 5. The van der Waals surface area contributed by atoms with E-state index in [2.05, 4.69) is 5.10 Å². The Labute approximate surface area is 186 Å². The molecule has 2 heterocycles. The Balaban J connectivity index is 1.67. The summed E-state index contributed by atoms with van der Waals surface area (Å²) < 4.78 is 41.4. The molecule has 31 heavy (non-hydrogen) atoms. The summed E-state index contributed by atoms with van der Waals surface area (Å²) >= 11 is 12.0. The van der Waals surface area contributed by atoms with Gasteiger partial charge in [-0.3, -0.25) is 14.3 Å². The van der Waals surface area contributed by atoms with Crippen molar-refractivity contribution in [1.82, 2.24) is 14.7 Å². The SMILES string of the molecule is NC(=O)c1c(-c2ccc(Cl)c(Cl)c2)nn2c1CN(C(=O)CC1CC(F)(F)C1)C[C@H]2CF. The maximum Gasteiger partial charge on any atom is 0.252 e. The molecular formula is C20H19Cl2F3N4O2. The Morgan fingerprint density at radius 3 is 2.52 bits per heavy atom. The number of primary amides is 1. The average molecular weight is 475 g/mol. The summed E-state index contributed by atoms with van der Waals surface area (Å²) in [5.41, 5.74) is 6.65. The highest BCUT2D eigenvalue weighted by atomic mass is 35.5. The molecule has 1 aliphatic heterocycles. The molecule has 1 aliphatic carbocycles. The molecule has 1 fully saturated rings. The summed E-state index contributed by atoms with van der Waals surface area (Å²) in [5.74, 6) is -4.27. The number of fused-ring (bicyclic) bond motifs is 1. The predicted octanol–water partition coefficient (Wildman–Crippen LogP) is 4.24. The number of carbonyl (C=O) groups is 2. The first-order valence-electron chi connectivity index (χ1n) is 9.68. The second-order valence-corrected chi connectivity index (χ2v) is 8.84. The van der Waals surface area contributed by atoms with E-state index in [4.69, 9.17) is 28.9 Å². The second kappa shape index (κ2) is 8.02. The number of alkyl halides is 3. The third-order valence-electron chi connectivity index (χ3n) is 5.74. The fourth-order valence-electron chi connectivity index (χ4n) is 4.21. The number of nitrogens with two attached hydrogens (primary N) is 1. The highest BCUT2D eigenvalue weighted by molar-refractivity contribution is 6.42. The van der Waals surface area contributed by atoms with Gasteiger partial charge in [-0.1, -0.05) is 29.3 Å². The zero-order valence-corrected chi connectivity index (χ0v) is 17.8. The first-order chi connectivity index (χ1) is 14.6. The summed E-state index contributed by atoms with van der Waals surface area (Å²) in [7, 11) is 0. The maximum atomic E-state index is 13.8. The van der Waals surface area contributed by atoms with Gasteiger partial charge in [0.15, 0.2) is 0 Å². The molecule has 2 aromatic rings. The van der Waals surface area contributed by atoms with Crippen molar-refractivity contribution in [3.63, 3.8) is 0 Å². The molecule has 1 atom stereocenters. The van der Waals surface area contributed by atoms with Gasteiger partial charge in [-0.15, -0.1) is 0 Å². The minimum Gasteiger partial charge on any atom is -0.365 e. The highest BCUT2D eigenvalue weighted by Gasteiger charge is 2.46. The third-order valence-corrected chi connectivity index (χ3v) is 6.47. The zero-order chi connectivity index (χ0) is 22.5. The summed E-state index contributed by atoms with van der Waals surface area (Å²) in [5, 5.41) is 4.97. The standard InChI is InChI=1S/C20H19Cl2F3N4O2/c21-13-2-1-11(4-14(13)22)18-17(19(26)31)15-9-28(8-12(7-23)29(15)27-18)16(30)3-10-5-20(24,25)6-10/h1-2,4,10,12H,3,5-9H2,(H2,26,31)/t12-/m1/s1. The van der Waals surface area contributed by atoms with Crippen LogP contribution < -0.4 is 5.73 Å². The van der Waals surface area contributed by atoms with Crippen LogP contribution in [0.1, 0.15) is 41.4 Å². The molecule has 1 saturated carbocycles. The Kier molecular flexibility index (Phi) is 5.68. The topological polar surface area (TPSA) is 81.2 Å². The maximum absolute atomic E-state index is 13.8. The Hall–Kier alpha value is -2.26. The Morgan fingerprint density at radius 2 is 1.94 bits per heavy atom. The number of nitrogens with zero attached hydrogens (tertiary/aromatic N) is 3. The van der Waals surface area contributed by atoms with Gasteiger partial charge >= 0.3 is 0 Å². The van der Waals surface area contributed by atoms with E-state index in [1.807, 2.05) is 0 Å². The van der Waals surface area contributed by atoms with Crippen molar-refractivity contribution in [3.05, 3.63) is 39.5 Å². The number of carbonyl (C=O) groups excluding carboxylic acids is 2. The molecule has 0 saturated heterocycles. The van der Waals surface area contributed by atoms with Gasteiger partial charge in [0, 0.05) is 31.4 Å². The fourth-order valence-corrected chi connectivity index (χ4v) is 4.51. The Bertz CT molecular complexity index is 1050. The van der Waals surface area contributed by atoms with Crippen LogP contribution in [0.5, 0.6) is 0 Å². The first kappa shape index (κ1) is 22.0. The number of aromatic nitrogens is 2.